The fourth-order valence-corrected chi connectivity index (χ4v) is 3.60. The summed E-state index contributed by atoms with van der Waals surface area (Å²) in [5.74, 6) is 0. The average Bonchev–Trinajstić information content (AvgIpc) is 2.79. The molecule has 25 heavy (non-hydrogen) atoms. The van der Waals surface area contributed by atoms with Gasteiger partial charge in [0.15, 0.2) is 0 Å². The molecule has 132 valence electrons. The number of ether oxygens (including phenoxy) is 2. The van der Waals surface area contributed by atoms with Crippen LogP contribution in [-0.4, -0.2) is 27.3 Å². The van der Waals surface area contributed by atoms with Gasteiger partial charge in [0.1, 0.15) is 10.4 Å². The van der Waals surface area contributed by atoms with Crippen molar-refractivity contribution < 1.29 is 14.3 Å². The Hall–Kier alpha value is -2.41. The van der Waals surface area contributed by atoms with Crippen LogP contribution in [0.15, 0.2) is 29.1 Å². The zero-order valence-corrected chi connectivity index (χ0v) is 15.6. The normalized spacial score (nSPS) is 12.1. The number of rotatable bonds is 2. The van der Waals surface area contributed by atoms with Gasteiger partial charge in [0.2, 0.25) is 0 Å². The minimum atomic E-state index is -0.649. The van der Waals surface area contributed by atoms with E-state index in [-0.39, 0.29) is 11.3 Å². The fraction of sp³-hybridized carbons (Fsp3) is 0.389. The molecule has 0 atom stereocenters. The molecule has 0 saturated carbocycles. The highest BCUT2D eigenvalue weighted by atomic mass is 32.1. The van der Waals surface area contributed by atoms with E-state index in [1.54, 1.807) is 32.9 Å². The van der Waals surface area contributed by atoms with Gasteiger partial charge in [-0.1, -0.05) is 29.5 Å². The van der Waals surface area contributed by atoms with Crippen LogP contribution in [0.1, 0.15) is 34.6 Å². The van der Waals surface area contributed by atoms with E-state index in [9.17, 15) is 9.59 Å². The van der Waals surface area contributed by atoms with Crippen LogP contribution in [0.5, 0.6) is 5.19 Å². The van der Waals surface area contributed by atoms with Crippen LogP contribution in [0.4, 0.5) is 4.79 Å². The van der Waals surface area contributed by atoms with E-state index in [1.807, 2.05) is 26.0 Å². The first-order valence-electron chi connectivity index (χ1n) is 8.01. The van der Waals surface area contributed by atoms with E-state index in [4.69, 9.17) is 9.47 Å². The number of nitrogens with zero attached hydrogens (tertiary/aromatic N) is 2. The van der Waals surface area contributed by atoms with E-state index in [2.05, 4.69) is 4.98 Å². The standard InChI is InChI=1S/C18H20N2O4S/c1-10(2)23-16-19-14(21)13-11-8-6-7-9-12(11)20(15(13)25-16)17(22)24-18(3,4)5/h6-10H,1-5H3. The maximum absolute atomic E-state index is 12.8. The zero-order chi connectivity index (χ0) is 18.4. The SMILES string of the molecule is CC(C)Oc1nc(=O)c2c3ccccc3n(C(=O)OC(C)(C)C)c2s1. The van der Waals surface area contributed by atoms with Gasteiger partial charge < -0.3 is 9.47 Å². The summed E-state index contributed by atoms with van der Waals surface area (Å²) in [5.41, 5.74) is -0.448. The van der Waals surface area contributed by atoms with Crippen LogP contribution in [0.25, 0.3) is 21.1 Å². The highest BCUT2D eigenvalue weighted by Gasteiger charge is 2.25. The second-order valence-electron chi connectivity index (χ2n) is 6.96. The van der Waals surface area contributed by atoms with Crippen LogP contribution in [0.2, 0.25) is 0 Å². The quantitative estimate of drug-likeness (QED) is 0.685. The zero-order valence-electron chi connectivity index (χ0n) is 14.8. The third-order valence-corrected chi connectivity index (χ3v) is 4.28. The Bertz CT molecular complexity index is 1010. The molecule has 0 saturated heterocycles. The molecule has 2 aromatic heterocycles. The van der Waals surface area contributed by atoms with E-state index in [0.29, 0.717) is 21.1 Å². The predicted molar refractivity (Wildman–Crippen MR) is 98.8 cm³/mol. The molecule has 0 unspecified atom stereocenters. The molecule has 6 nitrogen and oxygen atoms in total. The van der Waals surface area contributed by atoms with Crippen molar-refractivity contribution >= 4 is 38.5 Å². The fourth-order valence-electron chi connectivity index (χ4n) is 2.51. The van der Waals surface area contributed by atoms with Gasteiger partial charge in [-0.05, 0) is 40.7 Å². The van der Waals surface area contributed by atoms with Crippen molar-refractivity contribution in [2.45, 2.75) is 46.3 Å². The van der Waals surface area contributed by atoms with Crippen molar-refractivity contribution in [1.29, 1.82) is 0 Å². The lowest BCUT2D eigenvalue weighted by molar-refractivity contribution is 0.0552. The van der Waals surface area contributed by atoms with Gasteiger partial charge in [0.05, 0.1) is 17.0 Å². The number of fused-ring (bicyclic) bond motifs is 3. The van der Waals surface area contributed by atoms with Gasteiger partial charge in [0, 0.05) is 5.39 Å². The summed E-state index contributed by atoms with van der Waals surface area (Å²) in [6.45, 7) is 9.11. The molecule has 2 heterocycles. The Morgan fingerprint density at radius 2 is 1.92 bits per heavy atom. The molecule has 1 aromatic carbocycles. The van der Waals surface area contributed by atoms with E-state index < -0.39 is 17.3 Å². The van der Waals surface area contributed by atoms with E-state index in [1.165, 1.54) is 4.57 Å². The lowest BCUT2D eigenvalue weighted by Gasteiger charge is -2.20. The van der Waals surface area contributed by atoms with Gasteiger partial charge in [-0.2, -0.15) is 4.98 Å². The van der Waals surface area contributed by atoms with Crippen molar-refractivity contribution in [3.63, 3.8) is 0 Å². The van der Waals surface area contributed by atoms with Crippen LogP contribution in [0, 0.1) is 0 Å². The second kappa shape index (κ2) is 6.15. The average molecular weight is 360 g/mol. The molecule has 0 amide bonds. The smallest absolute Gasteiger partial charge is 0.420 e. The maximum atomic E-state index is 12.8. The Balaban J connectivity index is 2.33. The van der Waals surface area contributed by atoms with Crippen molar-refractivity contribution in [2.24, 2.45) is 0 Å². The number of para-hydroxylation sites is 1. The van der Waals surface area contributed by atoms with Crippen molar-refractivity contribution in [3.05, 3.63) is 34.6 Å². The summed E-state index contributed by atoms with van der Waals surface area (Å²) in [6.07, 6.45) is -0.656. The van der Waals surface area contributed by atoms with Crippen molar-refractivity contribution in [1.82, 2.24) is 9.55 Å². The Kier molecular flexibility index (Phi) is 4.28. The maximum Gasteiger partial charge on any atom is 0.420 e. The molecule has 0 N–H and O–H groups in total. The van der Waals surface area contributed by atoms with Gasteiger partial charge >= 0.3 is 6.09 Å². The predicted octanol–water partition coefficient (Wildman–Crippen LogP) is 4.18. The third kappa shape index (κ3) is 3.37. The molecular weight excluding hydrogens is 340 g/mol. The van der Waals surface area contributed by atoms with Crippen LogP contribution >= 0.6 is 11.3 Å². The second-order valence-corrected chi connectivity index (χ2v) is 7.90. The topological polar surface area (TPSA) is 70.4 Å². The van der Waals surface area contributed by atoms with Gasteiger partial charge in [-0.3, -0.25) is 4.79 Å². The molecule has 7 heteroatoms. The van der Waals surface area contributed by atoms with Gasteiger partial charge in [-0.25, -0.2) is 9.36 Å². The summed E-state index contributed by atoms with van der Waals surface area (Å²) in [6, 6.07) is 7.23. The minimum Gasteiger partial charge on any atom is -0.467 e. The molecular formula is C18H20N2O4S. The Morgan fingerprint density at radius 3 is 2.56 bits per heavy atom. The number of hydrogen-bond acceptors (Lipinski definition) is 6. The van der Waals surface area contributed by atoms with Crippen LogP contribution in [0.3, 0.4) is 0 Å². The van der Waals surface area contributed by atoms with Crippen LogP contribution < -0.4 is 10.3 Å². The number of aromatic nitrogens is 2. The lowest BCUT2D eigenvalue weighted by Crippen LogP contribution is -2.27. The summed E-state index contributed by atoms with van der Waals surface area (Å²) in [4.78, 5) is 29.8. The molecule has 0 aliphatic heterocycles. The monoisotopic (exact) mass is 360 g/mol. The highest BCUT2D eigenvalue weighted by molar-refractivity contribution is 7.19. The number of benzene rings is 1. The molecule has 3 rings (SSSR count). The van der Waals surface area contributed by atoms with Gasteiger partial charge in [0.25, 0.3) is 10.8 Å². The van der Waals surface area contributed by atoms with Crippen LogP contribution in [-0.2, 0) is 4.74 Å². The molecule has 0 bridgehead atoms. The molecule has 0 aliphatic rings. The molecule has 0 aliphatic carbocycles. The molecule has 0 fully saturated rings. The third-order valence-electron chi connectivity index (χ3n) is 3.33. The summed E-state index contributed by atoms with van der Waals surface area (Å²) < 4.78 is 12.5. The first-order chi connectivity index (χ1) is 11.7. The Morgan fingerprint density at radius 1 is 1.24 bits per heavy atom. The lowest BCUT2D eigenvalue weighted by atomic mass is 10.2. The van der Waals surface area contributed by atoms with Crippen molar-refractivity contribution in [2.75, 3.05) is 0 Å². The summed E-state index contributed by atoms with van der Waals surface area (Å²) in [5, 5.41) is 1.32. The van der Waals surface area contributed by atoms with E-state index in [0.717, 1.165) is 11.3 Å². The number of carbonyl (C=O) groups excluding carboxylic acids is 1. The first kappa shape index (κ1) is 17.4. The first-order valence-corrected chi connectivity index (χ1v) is 8.83. The number of hydrogen-bond donors (Lipinski definition) is 0. The van der Waals surface area contributed by atoms with E-state index >= 15 is 0 Å². The number of carbonyl (C=O) groups is 1. The molecule has 3 aromatic rings. The summed E-state index contributed by atoms with van der Waals surface area (Å²) >= 11 is 1.16. The molecule has 0 spiro atoms. The summed E-state index contributed by atoms with van der Waals surface area (Å²) in [7, 11) is 0. The van der Waals surface area contributed by atoms with Crippen molar-refractivity contribution in [3.8, 4) is 5.19 Å². The Labute approximate surface area is 149 Å². The minimum absolute atomic E-state index is 0.125. The van der Waals surface area contributed by atoms with Gasteiger partial charge in [-0.15, -0.1) is 0 Å². The highest BCUT2D eigenvalue weighted by Crippen LogP contribution is 2.32. The molecule has 0 radical (unpaired) electrons. The largest absolute Gasteiger partial charge is 0.467 e.